The lowest BCUT2D eigenvalue weighted by Crippen LogP contribution is -2.17. The van der Waals surface area contributed by atoms with Crippen molar-refractivity contribution in [3.63, 3.8) is 0 Å². The summed E-state index contributed by atoms with van der Waals surface area (Å²) < 4.78 is 37.3. The third-order valence-electron chi connectivity index (χ3n) is 2.27. The number of hydrogen-bond acceptors (Lipinski definition) is 2. The van der Waals surface area contributed by atoms with Gasteiger partial charge in [-0.3, -0.25) is 4.98 Å². The van der Waals surface area contributed by atoms with Gasteiger partial charge in [0, 0.05) is 18.9 Å². The highest BCUT2D eigenvalue weighted by molar-refractivity contribution is 5.53. The Hall–Kier alpha value is -1.26. The Morgan fingerprint density at radius 1 is 1.19 bits per heavy atom. The van der Waals surface area contributed by atoms with E-state index in [1.165, 1.54) is 6.20 Å². The molecule has 0 aliphatic heterocycles. The van der Waals surface area contributed by atoms with Gasteiger partial charge in [0.05, 0.1) is 0 Å². The molecule has 0 spiro atoms. The van der Waals surface area contributed by atoms with Gasteiger partial charge in [-0.25, -0.2) is 0 Å². The summed E-state index contributed by atoms with van der Waals surface area (Å²) in [4.78, 5) is 3.46. The highest BCUT2D eigenvalue weighted by Gasteiger charge is 2.33. The number of pyridine rings is 1. The van der Waals surface area contributed by atoms with Crippen LogP contribution in [0.4, 0.5) is 18.9 Å². The van der Waals surface area contributed by atoms with Crippen molar-refractivity contribution in [3.05, 3.63) is 23.5 Å². The fraction of sp³-hybridized carbons (Fsp3) is 0.545. The number of halogens is 3. The number of aromatic nitrogens is 1. The molecule has 0 aliphatic rings. The van der Waals surface area contributed by atoms with Crippen molar-refractivity contribution < 1.29 is 13.2 Å². The molecule has 0 amide bonds. The fourth-order valence-corrected chi connectivity index (χ4v) is 1.41. The molecule has 0 saturated heterocycles. The minimum atomic E-state index is -4.40. The molecule has 1 rings (SSSR count). The van der Waals surface area contributed by atoms with Gasteiger partial charge in [0.15, 0.2) is 0 Å². The number of rotatable bonds is 1. The number of nitrogens with zero attached hydrogens (tertiary/aromatic N) is 1. The summed E-state index contributed by atoms with van der Waals surface area (Å²) in [5.74, 6) is 0. The molecule has 0 fully saturated rings. The molecule has 0 unspecified atom stereocenters. The Balaban J connectivity index is 3.28. The van der Waals surface area contributed by atoms with Crippen LogP contribution in [0.15, 0.2) is 12.3 Å². The van der Waals surface area contributed by atoms with E-state index in [0.29, 0.717) is 5.69 Å². The van der Waals surface area contributed by atoms with Crippen LogP contribution in [0.1, 0.15) is 32.0 Å². The molecular formula is C11H15F3N2. The number of nitrogens with one attached hydrogen (secondary N) is 1. The average Bonchev–Trinajstić information content (AvgIpc) is 2.14. The van der Waals surface area contributed by atoms with Gasteiger partial charge in [0.25, 0.3) is 0 Å². The number of anilines is 1. The lowest BCUT2D eigenvalue weighted by Gasteiger charge is -2.23. The van der Waals surface area contributed by atoms with Gasteiger partial charge in [-0.15, -0.1) is 0 Å². The van der Waals surface area contributed by atoms with Gasteiger partial charge in [-0.05, 0) is 17.0 Å². The second-order valence-corrected chi connectivity index (χ2v) is 4.61. The Labute approximate surface area is 92.9 Å². The molecule has 5 heteroatoms. The van der Waals surface area contributed by atoms with Crippen LogP contribution in [0.25, 0.3) is 0 Å². The molecule has 2 nitrogen and oxygen atoms in total. The minimum Gasteiger partial charge on any atom is -0.388 e. The zero-order chi connectivity index (χ0) is 12.6. The summed E-state index contributed by atoms with van der Waals surface area (Å²) in [5, 5.41) is 2.77. The highest BCUT2D eigenvalue weighted by Crippen LogP contribution is 2.34. The maximum absolute atomic E-state index is 12.4. The van der Waals surface area contributed by atoms with Crippen LogP contribution in [0, 0.1) is 0 Å². The van der Waals surface area contributed by atoms with Crippen molar-refractivity contribution in [1.82, 2.24) is 4.98 Å². The lowest BCUT2D eigenvalue weighted by molar-refractivity contribution is -0.141. The normalized spacial score (nSPS) is 12.7. The first-order valence-electron chi connectivity index (χ1n) is 4.91. The Morgan fingerprint density at radius 2 is 1.75 bits per heavy atom. The number of alkyl halides is 3. The Kier molecular flexibility index (Phi) is 3.17. The van der Waals surface area contributed by atoms with Crippen LogP contribution in [-0.2, 0) is 11.6 Å². The van der Waals surface area contributed by atoms with Crippen LogP contribution in [0.5, 0.6) is 0 Å². The van der Waals surface area contributed by atoms with Crippen LogP contribution < -0.4 is 5.32 Å². The van der Waals surface area contributed by atoms with Crippen molar-refractivity contribution in [2.24, 2.45) is 0 Å². The molecule has 1 N–H and O–H groups in total. The van der Waals surface area contributed by atoms with Crippen LogP contribution >= 0.6 is 0 Å². The van der Waals surface area contributed by atoms with Gasteiger partial charge < -0.3 is 5.32 Å². The van der Waals surface area contributed by atoms with E-state index in [0.717, 1.165) is 11.6 Å². The number of hydrogen-bond donors (Lipinski definition) is 1. The monoisotopic (exact) mass is 232 g/mol. The van der Waals surface area contributed by atoms with Crippen molar-refractivity contribution in [3.8, 4) is 0 Å². The molecule has 0 aromatic carbocycles. The smallest absolute Gasteiger partial charge is 0.388 e. The van der Waals surface area contributed by atoms with Gasteiger partial charge in [0.1, 0.15) is 5.69 Å². The first-order chi connectivity index (χ1) is 7.16. The third-order valence-corrected chi connectivity index (χ3v) is 2.27. The Morgan fingerprint density at radius 3 is 2.12 bits per heavy atom. The van der Waals surface area contributed by atoms with Gasteiger partial charge >= 0.3 is 6.18 Å². The maximum atomic E-state index is 12.4. The van der Waals surface area contributed by atoms with E-state index >= 15 is 0 Å². The van der Waals surface area contributed by atoms with E-state index in [-0.39, 0.29) is 5.41 Å². The van der Waals surface area contributed by atoms with Crippen molar-refractivity contribution in [2.45, 2.75) is 32.4 Å². The van der Waals surface area contributed by atoms with Crippen molar-refractivity contribution in [1.29, 1.82) is 0 Å². The molecule has 0 saturated carbocycles. The topological polar surface area (TPSA) is 24.9 Å². The molecule has 1 heterocycles. The molecule has 90 valence electrons. The first-order valence-corrected chi connectivity index (χ1v) is 4.91. The first kappa shape index (κ1) is 12.8. The molecule has 0 radical (unpaired) electrons. The van der Waals surface area contributed by atoms with E-state index in [2.05, 4.69) is 10.3 Å². The quantitative estimate of drug-likeness (QED) is 0.802. The van der Waals surface area contributed by atoms with Gasteiger partial charge in [-0.1, -0.05) is 20.8 Å². The molecule has 0 atom stereocenters. The van der Waals surface area contributed by atoms with Gasteiger partial charge in [0.2, 0.25) is 0 Å². The summed E-state index contributed by atoms with van der Waals surface area (Å²) in [6.07, 6.45) is -3.11. The minimum absolute atomic E-state index is 0.241. The van der Waals surface area contributed by atoms with Crippen molar-refractivity contribution >= 4 is 5.69 Å². The van der Waals surface area contributed by atoms with E-state index in [4.69, 9.17) is 0 Å². The average molecular weight is 232 g/mol. The molecular weight excluding hydrogens is 217 g/mol. The molecule has 0 bridgehead atoms. The fourth-order valence-electron chi connectivity index (χ4n) is 1.41. The standard InChI is InChI=1S/C11H15F3N2/c1-10(2,3)7-6-16-9(11(12,13)14)5-8(7)15-4/h5-6H,1-4H3,(H,15,16). The van der Waals surface area contributed by atoms with Crippen LogP contribution in [-0.4, -0.2) is 12.0 Å². The second-order valence-electron chi connectivity index (χ2n) is 4.61. The van der Waals surface area contributed by atoms with E-state index in [1.807, 2.05) is 20.8 Å². The lowest BCUT2D eigenvalue weighted by atomic mass is 9.87. The molecule has 1 aromatic heterocycles. The molecule has 16 heavy (non-hydrogen) atoms. The van der Waals surface area contributed by atoms with Crippen molar-refractivity contribution in [2.75, 3.05) is 12.4 Å². The molecule has 1 aromatic rings. The summed E-state index contributed by atoms with van der Waals surface area (Å²) in [6.45, 7) is 5.79. The SMILES string of the molecule is CNc1cc(C(F)(F)F)ncc1C(C)(C)C. The van der Waals surface area contributed by atoms with Crippen LogP contribution in [0.3, 0.4) is 0 Å². The van der Waals surface area contributed by atoms with Crippen LogP contribution in [0.2, 0.25) is 0 Å². The molecule has 0 aliphatic carbocycles. The second kappa shape index (κ2) is 3.96. The zero-order valence-electron chi connectivity index (χ0n) is 9.74. The predicted molar refractivity (Wildman–Crippen MR) is 57.5 cm³/mol. The zero-order valence-corrected chi connectivity index (χ0v) is 9.74. The highest BCUT2D eigenvalue weighted by atomic mass is 19.4. The maximum Gasteiger partial charge on any atom is 0.433 e. The van der Waals surface area contributed by atoms with E-state index < -0.39 is 11.9 Å². The Bertz CT molecular complexity index is 378. The summed E-state index contributed by atoms with van der Waals surface area (Å²) in [6, 6.07) is 1.04. The van der Waals surface area contributed by atoms with E-state index in [9.17, 15) is 13.2 Å². The largest absolute Gasteiger partial charge is 0.433 e. The summed E-state index contributed by atoms with van der Waals surface area (Å²) in [5.41, 5.74) is 0.123. The summed E-state index contributed by atoms with van der Waals surface area (Å²) >= 11 is 0. The summed E-state index contributed by atoms with van der Waals surface area (Å²) in [7, 11) is 1.60. The predicted octanol–water partition coefficient (Wildman–Crippen LogP) is 3.44. The third kappa shape index (κ3) is 2.65. The van der Waals surface area contributed by atoms with E-state index in [1.54, 1.807) is 7.05 Å². The van der Waals surface area contributed by atoms with Gasteiger partial charge in [-0.2, -0.15) is 13.2 Å².